The highest BCUT2D eigenvalue weighted by Crippen LogP contribution is 2.29. The number of rotatable bonds is 2. The summed E-state index contributed by atoms with van der Waals surface area (Å²) in [4.78, 5) is 11.2. The topological polar surface area (TPSA) is 52.3 Å². The van der Waals surface area contributed by atoms with Crippen molar-refractivity contribution in [3.8, 4) is 5.75 Å². The Bertz CT molecular complexity index is 350. The first-order valence-electron chi connectivity index (χ1n) is 3.70. The average molecular weight is 291 g/mol. The van der Waals surface area contributed by atoms with Crippen LogP contribution in [-0.2, 0) is 0 Å². The van der Waals surface area contributed by atoms with E-state index in [4.69, 9.17) is 10.5 Å². The Kier molecular flexibility index (Phi) is 3.13. The number of benzene rings is 1. The molecule has 4 heteroatoms. The van der Waals surface area contributed by atoms with E-state index in [0.717, 1.165) is 3.57 Å². The third-order valence-electron chi connectivity index (χ3n) is 1.73. The van der Waals surface area contributed by atoms with Crippen LogP contribution in [0.25, 0.3) is 0 Å². The van der Waals surface area contributed by atoms with E-state index in [1.54, 1.807) is 6.07 Å². The fourth-order valence-electron chi connectivity index (χ4n) is 1.11. The number of carbonyl (C=O) groups is 1. The molecule has 0 atom stereocenters. The van der Waals surface area contributed by atoms with Gasteiger partial charge in [0.15, 0.2) is 5.78 Å². The van der Waals surface area contributed by atoms with Crippen LogP contribution in [-0.4, -0.2) is 12.9 Å². The molecular formula is C9H10INO2. The molecule has 1 aromatic rings. The predicted molar refractivity (Wildman–Crippen MR) is 60.1 cm³/mol. The largest absolute Gasteiger partial charge is 0.495 e. The first-order valence-corrected chi connectivity index (χ1v) is 4.78. The fraction of sp³-hybridized carbons (Fsp3) is 0.222. The predicted octanol–water partition coefficient (Wildman–Crippen LogP) is 2.08. The number of carbonyl (C=O) groups excluding carboxylic acids is 1. The molecule has 1 rings (SSSR count). The van der Waals surface area contributed by atoms with Gasteiger partial charge in [0.2, 0.25) is 0 Å². The number of nitrogen functional groups attached to an aromatic ring is 1. The van der Waals surface area contributed by atoms with Gasteiger partial charge in [-0.25, -0.2) is 0 Å². The second kappa shape index (κ2) is 3.95. The van der Waals surface area contributed by atoms with Gasteiger partial charge in [-0.15, -0.1) is 0 Å². The van der Waals surface area contributed by atoms with Crippen molar-refractivity contribution in [3.05, 3.63) is 21.3 Å². The molecule has 0 saturated carbocycles. The molecule has 0 fully saturated rings. The van der Waals surface area contributed by atoms with E-state index in [0.29, 0.717) is 17.0 Å². The molecule has 0 aliphatic rings. The van der Waals surface area contributed by atoms with E-state index in [2.05, 4.69) is 22.6 Å². The van der Waals surface area contributed by atoms with E-state index < -0.39 is 0 Å². The molecule has 0 saturated heterocycles. The van der Waals surface area contributed by atoms with Crippen LogP contribution in [0.4, 0.5) is 5.69 Å². The van der Waals surface area contributed by atoms with Crippen LogP contribution in [0, 0.1) is 3.57 Å². The molecule has 0 heterocycles. The van der Waals surface area contributed by atoms with Crippen LogP contribution in [0.2, 0.25) is 0 Å². The summed E-state index contributed by atoms with van der Waals surface area (Å²) < 4.78 is 5.86. The number of anilines is 1. The summed E-state index contributed by atoms with van der Waals surface area (Å²) in [6.07, 6.45) is 0. The fourth-order valence-corrected chi connectivity index (χ4v) is 1.96. The zero-order valence-electron chi connectivity index (χ0n) is 7.43. The van der Waals surface area contributed by atoms with Crippen LogP contribution in [0.1, 0.15) is 17.3 Å². The van der Waals surface area contributed by atoms with Crippen LogP contribution in [0.15, 0.2) is 12.1 Å². The van der Waals surface area contributed by atoms with Gasteiger partial charge in [-0.3, -0.25) is 4.79 Å². The summed E-state index contributed by atoms with van der Waals surface area (Å²) in [5.74, 6) is 0.506. The maximum Gasteiger partial charge on any atom is 0.163 e. The molecule has 70 valence electrons. The van der Waals surface area contributed by atoms with Crippen molar-refractivity contribution in [2.45, 2.75) is 6.92 Å². The molecule has 0 aliphatic heterocycles. The second-order valence-electron chi connectivity index (χ2n) is 2.59. The maximum atomic E-state index is 11.2. The Morgan fingerprint density at radius 2 is 2.15 bits per heavy atom. The van der Waals surface area contributed by atoms with Crippen LogP contribution in [0.5, 0.6) is 5.75 Å². The quantitative estimate of drug-likeness (QED) is 0.515. The number of ketones is 1. The Labute approximate surface area is 90.4 Å². The van der Waals surface area contributed by atoms with Gasteiger partial charge in [-0.1, -0.05) is 0 Å². The highest BCUT2D eigenvalue weighted by atomic mass is 127. The SMILES string of the molecule is COc1ccc(I)c(C(C)=O)c1N. The van der Waals surface area contributed by atoms with Crippen molar-refractivity contribution in [2.24, 2.45) is 0 Å². The molecule has 0 amide bonds. The minimum atomic E-state index is -0.0409. The standard InChI is InChI=1S/C9H10INO2/c1-5(12)8-6(10)3-4-7(13-2)9(8)11/h3-4H,11H2,1-2H3. The van der Waals surface area contributed by atoms with Gasteiger partial charge < -0.3 is 10.5 Å². The highest BCUT2D eigenvalue weighted by Gasteiger charge is 2.13. The number of halogens is 1. The first kappa shape index (κ1) is 10.3. The second-order valence-corrected chi connectivity index (χ2v) is 3.76. The van der Waals surface area contributed by atoms with Gasteiger partial charge in [0.25, 0.3) is 0 Å². The molecule has 0 radical (unpaired) electrons. The van der Waals surface area contributed by atoms with Crippen molar-refractivity contribution in [1.82, 2.24) is 0 Å². The zero-order valence-corrected chi connectivity index (χ0v) is 9.58. The van der Waals surface area contributed by atoms with Gasteiger partial charge in [0.1, 0.15) is 5.75 Å². The lowest BCUT2D eigenvalue weighted by molar-refractivity contribution is 0.101. The van der Waals surface area contributed by atoms with Gasteiger partial charge >= 0.3 is 0 Å². The minimum absolute atomic E-state index is 0.0409. The van der Waals surface area contributed by atoms with Crippen LogP contribution in [0.3, 0.4) is 0 Å². The summed E-state index contributed by atoms with van der Waals surface area (Å²) in [6.45, 7) is 1.49. The van der Waals surface area contributed by atoms with Gasteiger partial charge in [-0.05, 0) is 41.6 Å². The van der Waals surface area contributed by atoms with Crippen molar-refractivity contribution >= 4 is 34.1 Å². The Hall–Kier alpha value is -0.780. The molecule has 3 nitrogen and oxygen atoms in total. The Morgan fingerprint density at radius 1 is 1.54 bits per heavy atom. The lowest BCUT2D eigenvalue weighted by atomic mass is 10.1. The summed E-state index contributed by atoms with van der Waals surface area (Å²) in [5, 5.41) is 0. The summed E-state index contributed by atoms with van der Waals surface area (Å²) in [7, 11) is 1.53. The maximum absolute atomic E-state index is 11.2. The molecule has 0 aromatic heterocycles. The van der Waals surface area contributed by atoms with Gasteiger partial charge in [0, 0.05) is 3.57 Å². The molecule has 2 N–H and O–H groups in total. The number of hydrogen-bond acceptors (Lipinski definition) is 3. The highest BCUT2D eigenvalue weighted by molar-refractivity contribution is 14.1. The number of hydrogen-bond donors (Lipinski definition) is 1. The number of nitrogens with two attached hydrogens (primary N) is 1. The van der Waals surface area contributed by atoms with Crippen molar-refractivity contribution in [2.75, 3.05) is 12.8 Å². The molecule has 0 bridgehead atoms. The van der Waals surface area contributed by atoms with Gasteiger partial charge in [0.05, 0.1) is 18.4 Å². The Morgan fingerprint density at radius 3 is 2.62 bits per heavy atom. The van der Waals surface area contributed by atoms with Crippen LogP contribution >= 0.6 is 22.6 Å². The van der Waals surface area contributed by atoms with Crippen molar-refractivity contribution in [3.63, 3.8) is 0 Å². The summed E-state index contributed by atoms with van der Waals surface area (Å²) in [5.41, 5.74) is 6.71. The van der Waals surface area contributed by atoms with E-state index in [1.807, 2.05) is 6.07 Å². The van der Waals surface area contributed by atoms with E-state index in [1.165, 1.54) is 14.0 Å². The Balaban J connectivity index is 3.38. The first-order chi connectivity index (χ1) is 6.07. The van der Waals surface area contributed by atoms with E-state index >= 15 is 0 Å². The molecular weight excluding hydrogens is 281 g/mol. The monoisotopic (exact) mass is 291 g/mol. The summed E-state index contributed by atoms with van der Waals surface area (Å²) in [6, 6.07) is 3.57. The lowest BCUT2D eigenvalue weighted by Gasteiger charge is -2.09. The lowest BCUT2D eigenvalue weighted by Crippen LogP contribution is -2.04. The van der Waals surface area contributed by atoms with Crippen molar-refractivity contribution < 1.29 is 9.53 Å². The van der Waals surface area contributed by atoms with Crippen molar-refractivity contribution in [1.29, 1.82) is 0 Å². The zero-order chi connectivity index (χ0) is 10.0. The summed E-state index contributed by atoms with van der Waals surface area (Å²) >= 11 is 2.08. The molecule has 0 spiro atoms. The average Bonchev–Trinajstić information content (AvgIpc) is 2.04. The molecule has 0 unspecified atom stereocenters. The third kappa shape index (κ3) is 1.93. The minimum Gasteiger partial charge on any atom is -0.495 e. The smallest absolute Gasteiger partial charge is 0.163 e. The molecule has 0 aliphatic carbocycles. The number of methoxy groups -OCH3 is 1. The van der Waals surface area contributed by atoms with E-state index in [-0.39, 0.29) is 5.78 Å². The van der Waals surface area contributed by atoms with Crippen LogP contribution < -0.4 is 10.5 Å². The molecule has 13 heavy (non-hydrogen) atoms. The van der Waals surface area contributed by atoms with E-state index in [9.17, 15) is 4.79 Å². The third-order valence-corrected chi connectivity index (χ3v) is 2.63. The normalized spacial score (nSPS) is 9.77. The van der Waals surface area contributed by atoms with Gasteiger partial charge in [-0.2, -0.15) is 0 Å². The number of Topliss-reactive ketones (excluding diaryl/α,β-unsaturated/α-hetero) is 1. The molecule has 1 aromatic carbocycles. The number of ether oxygens (including phenoxy) is 1.